The number of aryl methyl sites for hydroxylation is 1. The van der Waals surface area contributed by atoms with Crippen molar-refractivity contribution in [3.63, 3.8) is 0 Å². The average Bonchev–Trinajstić information content (AvgIpc) is 3.27. The number of ether oxygens (including phenoxy) is 1. The van der Waals surface area contributed by atoms with E-state index in [2.05, 4.69) is 24.8 Å². The lowest BCUT2D eigenvalue weighted by molar-refractivity contribution is -0.274. The first-order chi connectivity index (χ1) is 20.7. The van der Waals surface area contributed by atoms with Gasteiger partial charge in [0, 0.05) is 36.5 Å². The number of hydrogen-bond acceptors (Lipinski definition) is 8. The van der Waals surface area contributed by atoms with Crippen molar-refractivity contribution in [3.8, 4) is 5.75 Å². The van der Waals surface area contributed by atoms with Gasteiger partial charge in [0.2, 0.25) is 10.0 Å². The van der Waals surface area contributed by atoms with Crippen LogP contribution in [-0.2, 0) is 24.8 Å². The molecule has 0 atom stereocenters. The highest BCUT2D eigenvalue weighted by Gasteiger charge is 2.47. The zero-order valence-corrected chi connectivity index (χ0v) is 24.7. The number of benzene rings is 2. The summed E-state index contributed by atoms with van der Waals surface area (Å²) in [4.78, 5) is 21.2. The number of anilines is 1. The molecule has 2 aromatic carbocycles. The van der Waals surface area contributed by atoms with E-state index in [9.17, 15) is 34.8 Å². The Morgan fingerprint density at radius 2 is 1.73 bits per heavy atom. The Labute approximate surface area is 251 Å². The third-order valence-electron chi connectivity index (χ3n) is 7.13. The molecule has 1 aromatic heterocycles. The zero-order valence-electron chi connectivity index (χ0n) is 23.1. The number of aliphatic imine (C=N–C) groups is 1. The van der Waals surface area contributed by atoms with Crippen molar-refractivity contribution in [2.45, 2.75) is 36.6 Å². The minimum absolute atomic E-state index is 0.00233. The molecule has 3 aromatic rings. The first-order valence-corrected chi connectivity index (χ1v) is 16.1. The molecule has 44 heavy (non-hydrogen) atoms. The lowest BCUT2D eigenvalue weighted by Crippen LogP contribution is -2.50. The number of piperidine rings is 1. The van der Waals surface area contributed by atoms with Crippen LogP contribution < -0.4 is 14.8 Å². The number of amides is 1. The number of sulfonamides is 2. The predicted octanol–water partition coefficient (Wildman–Crippen LogP) is 3.80. The molecule has 232 valence electrons. The van der Waals surface area contributed by atoms with Gasteiger partial charge in [-0.1, -0.05) is 18.2 Å². The summed E-state index contributed by atoms with van der Waals surface area (Å²) >= 11 is 0. The molecule has 2 aliphatic rings. The second kappa shape index (κ2) is 11.7. The van der Waals surface area contributed by atoms with E-state index in [4.69, 9.17) is 0 Å². The Morgan fingerprint density at radius 1 is 1.02 bits per heavy atom. The number of amidine groups is 1. The Bertz CT molecular complexity index is 1860. The minimum Gasteiger partial charge on any atom is -0.406 e. The van der Waals surface area contributed by atoms with Crippen molar-refractivity contribution >= 4 is 43.6 Å². The van der Waals surface area contributed by atoms with Crippen LogP contribution in [0, 0.1) is 6.92 Å². The third kappa shape index (κ3) is 6.92. The molecule has 2 aliphatic heterocycles. The molecule has 0 aliphatic carbocycles. The fourth-order valence-corrected chi connectivity index (χ4v) is 7.15. The second-order valence-electron chi connectivity index (χ2n) is 10.1. The number of pyridine rings is 1. The summed E-state index contributed by atoms with van der Waals surface area (Å²) in [7, 11) is -7.80. The van der Waals surface area contributed by atoms with Crippen molar-refractivity contribution in [2.24, 2.45) is 4.99 Å². The van der Waals surface area contributed by atoms with Crippen LogP contribution in [0.4, 0.5) is 18.9 Å². The molecule has 1 spiro atoms. The van der Waals surface area contributed by atoms with Crippen molar-refractivity contribution in [2.75, 3.05) is 17.8 Å². The topological polar surface area (TPSA) is 147 Å². The lowest BCUT2D eigenvalue weighted by atomic mass is 9.89. The van der Waals surface area contributed by atoms with Crippen LogP contribution in [0.15, 0.2) is 82.3 Å². The number of nitrogens with zero attached hydrogens (tertiary/aromatic N) is 3. The molecule has 11 nitrogen and oxygen atoms in total. The normalized spacial score (nSPS) is 17.5. The van der Waals surface area contributed by atoms with E-state index in [1.165, 1.54) is 65.2 Å². The van der Waals surface area contributed by atoms with Gasteiger partial charge in [0.25, 0.3) is 15.9 Å². The summed E-state index contributed by atoms with van der Waals surface area (Å²) in [5.41, 5.74) is 0.329. The van der Waals surface area contributed by atoms with E-state index < -0.39 is 43.6 Å². The highest BCUT2D eigenvalue weighted by atomic mass is 32.2. The monoisotopic (exact) mass is 649 g/mol. The van der Waals surface area contributed by atoms with E-state index in [0.717, 1.165) is 17.5 Å². The number of carbonyl (C=O) groups is 1. The van der Waals surface area contributed by atoms with Crippen LogP contribution in [0.25, 0.3) is 6.08 Å². The van der Waals surface area contributed by atoms with Gasteiger partial charge >= 0.3 is 6.36 Å². The number of alkyl halides is 3. The molecule has 3 heterocycles. The Balaban J connectivity index is 1.25. The fraction of sp³-hybridized carbons (Fsp3) is 0.250. The van der Waals surface area contributed by atoms with Crippen molar-refractivity contribution in [1.82, 2.24) is 14.6 Å². The standard InChI is InChI=1S/C28H26F3N5O6S2/c1-19-17-24(44(40,41)35-22-7-12-32-13-8-22)6-5-20(19)9-16-43(38,39)36-14-10-27(11-15-36)26(37)33-25(34-27)21-3-2-4-23(18-21)42-28(29,30)31/h2-9,12-13,16-18H,10-11,14-15H2,1H3,(H,32,35)(H,33,34,37)/b16-9+. The molecule has 2 N–H and O–H groups in total. The Kier molecular flexibility index (Phi) is 8.26. The molecule has 1 saturated heterocycles. The van der Waals surface area contributed by atoms with Gasteiger partial charge in [-0.2, -0.15) is 4.31 Å². The van der Waals surface area contributed by atoms with E-state index in [0.29, 0.717) is 16.8 Å². The van der Waals surface area contributed by atoms with Gasteiger partial charge in [-0.15, -0.1) is 13.2 Å². The zero-order chi connectivity index (χ0) is 31.8. The Morgan fingerprint density at radius 3 is 2.39 bits per heavy atom. The highest BCUT2D eigenvalue weighted by Crippen LogP contribution is 2.33. The summed E-state index contributed by atoms with van der Waals surface area (Å²) in [5.74, 6) is -0.851. The van der Waals surface area contributed by atoms with Gasteiger partial charge < -0.3 is 10.1 Å². The fourth-order valence-electron chi connectivity index (χ4n) is 4.83. The van der Waals surface area contributed by atoms with E-state index in [-0.39, 0.29) is 42.2 Å². The summed E-state index contributed by atoms with van der Waals surface area (Å²) in [6.45, 7) is 1.61. The molecule has 16 heteroatoms. The van der Waals surface area contributed by atoms with Crippen LogP contribution >= 0.6 is 0 Å². The largest absolute Gasteiger partial charge is 0.573 e. The number of hydrogen-bond donors (Lipinski definition) is 2. The lowest BCUT2D eigenvalue weighted by Gasteiger charge is -2.34. The van der Waals surface area contributed by atoms with Crippen LogP contribution in [0.2, 0.25) is 0 Å². The molecule has 0 unspecified atom stereocenters. The molecule has 0 radical (unpaired) electrons. The summed E-state index contributed by atoms with van der Waals surface area (Å²) < 4.78 is 97.2. The minimum atomic E-state index is -4.88. The van der Waals surface area contributed by atoms with Gasteiger partial charge in [-0.05, 0) is 73.4 Å². The summed E-state index contributed by atoms with van der Waals surface area (Å²) in [6, 6.07) is 12.4. The van der Waals surface area contributed by atoms with Gasteiger partial charge in [-0.3, -0.25) is 19.5 Å². The van der Waals surface area contributed by atoms with Gasteiger partial charge in [0.15, 0.2) is 0 Å². The van der Waals surface area contributed by atoms with Crippen LogP contribution in [0.5, 0.6) is 5.75 Å². The highest BCUT2D eigenvalue weighted by molar-refractivity contribution is 7.92. The molecule has 0 bridgehead atoms. The van der Waals surface area contributed by atoms with Gasteiger partial charge in [0.05, 0.1) is 10.6 Å². The smallest absolute Gasteiger partial charge is 0.406 e. The second-order valence-corrected chi connectivity index (χ2v) is 13.6. The predicted molar refractivity (Wildman–Crippen MR) is 156 cm³/mol. The number of nitrogens with one attached hydrogen (secondary N) is 2. The number of aromatic nitrogens is 1. The van der Waals surface area contributed by atoms with Crippen molar-refractivity contribution < 1.29 is 39.5 Å². The first kappa shape index (κ1) is 31.2. The van der Waals surface area contributed by atoms with Crippen LogP contribution in [0.3, 0.4) is 0 Å². The van der Waals surface area contributed by atoms with Crippen LogP contribution in [0.1, 0.15) is 29.5 Å². The van der Waals surface area contributed by atoms with Gasteiger partial charge in [-0.25, -0.2) is 16.8 Å². The van der Waals surface area contributed by atoms with Crippen molar-refractivity contribution in [3.05, 3.63) is 89.1 Å². The molecule has 5 rings (SSSR count). The maximum absolute atomic E-state index is 13.1. The molecular formula is C28H26F3N5O6S2. The average molecular weight is 650 g/mol. The van der Waals surface area contributed by atoms with E-state index in [1.807, 2.05) is 0 Å². The summed E-state index contributed by atoms with van der Waals surface area (Å²) in [6.07, 6.45) is -0.487. The number of carbonyl (C=O) groups excluding carboxylic acids is 1. The van der Waals surface area contributed by atoms with Gasteiger partial charge in [0.1, 0.15) is 17.1 Å². The summed E-state index contributed by atoms with van der Waals surface area (Å²) in [5, 5.41) is 3.62. The Hall–Kier alpha value is -4.28. The maximum Gasteiger partial charge on any atom is 0.573 e. The quantitative estimate of drug-likeness (QED) is 0.377. The van der Waals surface area contributed by atoms with Crippen molar-refractivity contribution in [1.29, 1.82) is 0 Å². The first-order valence-electron chi connectivity index (χ1n) is 13.2. The molecular weight excluding hydrogens is 623 g/mol. The van der Waals surface area contributed by atoms with E-state index in [1.54, 1.807) is 6.92 Å². The van der Waals surface area contributed by atoms with Crippen LogP contribution in [-0.4, -0.2) is 62.9 Å². The van der Waals surface area contributed by atoms with E-state index >= 15 is 0 Å². The number of rotatable bonds is 8. The molecule has 1 fully saturated rings. The number of halogens is 3. The third-order valence-corrected chi connectivity index (χ3v) is 10.1. The maximum atomic E-state index is 13.1. The molecule has 1 amide bonds. The SMILES string of the molecule is Cc1cc(S(=O)(=O)Nc2ccncc2)ccc1/C=C/S(=O)(=O)N1CCC2(CC1)N=C(c1cccc(OC(F)(F)F)c1)NC2=O. The molecule has 0 saturated carbocycles.